The largest absolute Gasteiger partial charge is 0.343 e. The Morgan fingerprint density at radius 1 is 1.24 bits per heavy atom. The van der Waals surface area contributed by atoms with Crippen LogP contribution in [0.2, 0.25) is 0 Å². The number of halogens is 1. The molecule has 1 heterocycles. The number of hydrogen-bond acceptors (Lipinski definition) is 2. The maximum Gasteiger partial charge on any atom is 0.195 e. The number of rotatable bonds is 4. The molecular weight excluding hydrogens is 236 g/mol. The second-order valence-electron chi connectivity index (χ2n) is 4.56. The van der Waals surface area contributed by atoms with E-state index in [4.69, 9.17) is 21.1 Å². The fraction of sp³-hybridized carbons (Fsp3) is 0.571. The van der Waals surface area contributed by atoms with Gasteiger partial charge < -0.3 is 9.47 Å². The summed E-state index contributed by atoms with van der Waals surface area (Å²) in [5.74, 6) is 0.0754. The maximum atomic E-state index is 5.87. The van der Waals surface area contributed by atoms with Crippen molar-refractivity contribution in [1.82, 2.24) is 0 Å². The van der Waals surface area contributed by atoms with Crippen molar-refractivity contribution in [3.63, 3.8) is 0 Å². The first-order valence-corrected chi connectivity index (χ1v) is 6.63. The number of hydrogen-bond donors (Lipinski definition) is 0. The average molecular weight is 255 g/mol. The zero-order valence-corrected chi connectivity index (χ0v) is 11.2. The van der Waals surface area contributed by atoms with Crippen LogP contribution < -0.4 is 0 Å². The van der Waals surface area contributed by atoms with Gasteiger partial charge in [-0.2, -0.15) is 0 Å². The van der Waals surface area contributed by atoms with Gasteiger partial charge in [0, 0.05) is 17.9 Å². The van der Waals surface area contributed by atoms with Gasteiger partial charge in [-0.05, 0) is 25.8 Å². The lowest BCUT2D eigenvalue weighted by molar-refractivity contribution is -0.171. The standard InChI is InChI=1S/C14H19ClO2/c1-11-4-5-13(12(2)10-11)14(6-3-7-15)16-8-9-17-14/h4-5,10H,3,6-9H2,1-2H3. The molecule has 0 radical (unpaired) electrons. The molecule has 0 aromatic heterocycles. The zero-order valence-electron chi connectivity index (χ0n) is 10.5. The predicted molar refractivity (Wildman–Crippen MR) is 69.5 cm³/mol. The molecule has 2 rings (SSSR count). The summed E-state index contributed by atoms with van der Waals surface area (Å²) in [6, 6.07) is 6.39. The minimum Gasteiger partial charge on any atom is -0.343 e. The van der Waals surface area contributed by atoms with Gasteiger partial charge in [-0.15, -0.1) is 11.6 Å². The summed E-state index contributed by atoms with van der Waals surface area (Å²) in [5, 5.41) is 0. The van der Waals surface area contributed by atoms with E-state index in [9.17, 15) is 0 Å². The monoisotopic (exact) mass is 254 g/mol. The number of aryl methyl sites for hydroxylation is 2. The summed E-state index contributed by atoms with van der Waals surface area (Å²) < 4.78 is 11.7. The molecule has 1 aliphatic rings. The predicted octanol–water partition coefficient (Wildman–Crippen LogP) is 3.52. The molecule has 17 heavy (non-hydrogen) atoms. The van der Waals surface area contributed by atoms with Crippen molar-refractivity contribution in [3.8, 4) is 0 Å². The van der Waals surface area contributed by atoms with E-state index < -0.39 is 5.79 Å². The Hall–Kier alpha value is -0.570. The number of alkyl halides is 1. The third kappa shape index (κ3) is 2.65. The molecule has 1 aromatic carbocycles. The highest BCUT2D eigenvalue weighted by molar-refractivity contribution is 6.17. The molecule has 2 nitrogen and oxygen atoms in total. The van der Waals surface area contributed by atoms with Crippen molar-refractivity contribution in [3.05, 3.63) is 34.9 Å². The Morgan fingerprint density at radius 2 is 1.94 bits per heavy atom. The van der Waals surface area contributed by atoms with E-state index >= 15 is 0 Å². The molecule has 3 heteroatoms. The van der Waals surface area contributed by atoms with Gasteiger partial charge >= 0.3 is 0 Å². The van der Waals surface area contributed by atoms with Gasteiger partial charge in [0.15, 0.2) is 5.79 Å². The molecule has 0 saturated carbocycles. The fourth-order valence-electron chi connectivity index (χ4n) is 2.43. The van der Waals surface area contributed by atoms with E-state index in [0.29, 0.717) is 19.1 Å². The smallest absolute Gasteiger partial charge is 0.195 e. The van der Waals surface area contributed by atoms with Gasteiger partial charge in [0.05, 0.1) is 13.2 Å². The Balaban J connectivity index is 2.31. The molecule has 0 aliphatic carbocycles. The molecule has 0 N–H and O–H groups in total. The van der Waals surface area contributed by atoms with Crippen LogP contribution in [0.15, 0.2) is 18.2 Å². The number of benzene rings is 1. The van der Waals surface area contributed by atoms with Gasteiger partial charge in [0.2, 0.25) is 0 Å². The van der Waals surface area contributed by atoms with E-state index in [1.165, 1.54) is 11.1 Å². The Morgan fingerprint density at radius 3 is 2.53 bits per heavy atom. The van der Waals surface area contributed by atoms with Crippen LogP contribution in [0.4, 0.5) is 0 Å². The Labute approximate surface area is 108 Å². The average Bonchev–Trinajstić information content (AvgIpc) is 2.76. The molecule has 1 fully saturated rings. The highest BCUT2D eigenvalue weighted by atomic mass is 35.5. The van der Waals surface area contributed by atoms with Gasteiger partial charge in [0.25, 0.3) is 0 Å². The summed E-state index contributed by atoms with van der Waals surface area (Å²) >= 11 is 5.78. The lowest BCUT2D eigenvalue weighted by atomic mass is 9.95. The third-order valence-electron chi connectivity index (χ3n) is 3.19. The van der Waals surface area contributed by atoms with Crippen LogP contribution in [0.25, 0.3) is 0 Å². The SMILES string of the molecule is Cc1ccc(C2(CCCCl)OCCO2)c(C)c1. The van der Waals surface area contributed by atoms with Gasteiger partial charge in [0.1, 0.15) is 0 Å². The number of ether oxygens (including phenoxy) is 2. The van der Waals surface area contributed by atoms with E-state index in [-0.39, 0.29) is 0 Å². The molecular formula is C14H19ClO2. The first-order chi connectivity index (χ1) is 8.18. The summed E-state index contributed by atoms with van der Waals surface area (Å²) in [6.07, 6.45) is 1.72. The summed E-state index contributed by atoms with van der Waals surface area (Å²) in [4.78, 5) is 0. The lowest BCUT2D eigenvalue weighted by Crippen LogP contribution is -2.28. The van der Waals surface area contributed by atoms with Crippen LogP contribution in [-0.2, 0) is 15.3 Å². The van der Waals surface area contributed by atoms with Crippen LogP contribution in [-0.4, -0.2) is 19.1 Å². The van der Waals surface area contributed by atoms with Crippen LogP contribution in [0, 0.1) is 13.8 Å². The van der Waals surface area contributed by atoms with Gasteiger partial charge in [-0.3, -0.25) is 0 Å². The molecule has 0 spiro atoms. The Kier molecular flexibility index (Phi) is 4.08. The molecule has 0 unspecified atom stereocenters. The van der Waals surface area contributed by atoms with E-state index in [2.05, 4.69) is 32.0 Å². The van der Waals surface area contributed by atoms with Gasteiger partial charge in [-0.25, -0.2) is 0 Å². The van der Waals surface area contributed by atoms with E-state index in [1.54, 1.807) is 0 Å². The Bertz CT molecular complexity index is 384. The molecule has 94 valence electrons. The first-order valence-electron chi connectivity index (χ1n) is 6.09. The van der Waals surface area contributed by atoms with Crippen molar-refractivity contribution in [2.45, 2.75) is 32.5 Å². The van der Waals surface area contributed by atoms with Crippen molar-refractivity contribution in [2.24, 2.45) is 0 Å². The van der Waals surface area contributed by atoms with Crippen LogP contribution >= 0.6 is 11.6 Å². The first kappa shape index (κ1) is 12.9. The molecule has 0 atom stereocenters. The van der Waals surface area contributed by atoms with Crippen LogP contribution in [0.1, 0.15) is 29.5 Å². The van der Waals surface area contributed by atoms with E-state index in [1.807, 2.05) is 0 Å². The molecule has 0 amide bonds. The second kappa shape index (κ2) is 5.38. The fourth-order valence-corrected chi connectivity index (χ4v) is 2.56. The van der Waals surface area contributed by atoms with Crippen molar-refractivity contribution in [1.29, 1.82) is 0 Å². The van der Waals surface area contributed by atoms with Crippen molar-refractivity contribution < 1.29 is 9.47 Å². The van der Waals surface area contributed by atoms with Crippen molar-refractivity contribution in [2.75, 3.05) is 19.1 Å². The summed E-state index contributed by atoms with van der Waals surface area (Å²) in [6.45, 7) is 5.53. The highest BCUT2D eigenvalue weighted by Gasteiger charge is 2.38. The van der Waals surface area contributed by atoms with Crippen LogP contribution in [0.5, 0.6) is 0 Å². The van der Waals surface area contributed by atoms with Crippen molar-refractivity contribution >= 4 is 11.6 Å². The van der Waals surface area contributed by atoms with Crippen LogP contribution in [0.3, 0.4) is 0 Å². The third-order valence-corrected chi connectivity index (χ3v) is 3.45. The molecule has 1 aliphatic heterocycles. The minimum atomic E-state index is -0.563. The zero-order chi connectivity index (χ0) is 12.3. The minimum absolute atomic E-state index is 0.563. The topological polar surface area (TPSA) is 18.5 Å². The quantitative estimate of drug-likeness (QED) is 0.766. The van der Waals surface area contributed by atoms with E-state index in [0.717, 1.165) is 18.4 Å². The second-order valence-corrected chi connectivity index (χ2v) is 4.94. The molecule has 0 bridgehead atoms. The van der Waals surface area contributed by atoms with Gasteiger partial charge in [-0.1, -0.05) is 23.8 Å². The summed E-state index contributed by atoms with van der Waals surface area (Å²) in [5.41, 5.74) is 3.63. The molecule has 1 aromatic rings. The molecule has 1 saturated heterocycles. The maximum absolute atomic E-state index is 5.87. The lowest BCUT2D eigenvalue weighted by Gasteiger charge is -2.29. The highest BCUT2D eigenvalue weighted by Crippen LogP contribution is 2.37. The normalized spacial score (nSPS) is 18.5. The summed E-state index contributed by atoms with van der Waals surface area (Å²) in [7, 11) is 0.